The Kier molecular flexibility index (Phi) is 4.27. The van der Waals surface area contributed by atoms with Crippen LogP contribution in [0.1, 0.15) is 44.8 Å². The number of ether oxygens (including phenoxy) is 3. The molecule has 0 bridgehead atoms. The molecule has 166 valence electrons. The summed E-state index contributed by atoms with van der Waals surface area (Å²) in [5.41, 5.74) is -3.68. The summed E-state index contributed by atoms with van der Waals surface area (Å²) in [5.74, 6) is -3.46. The quantitative estimate of drug-likeness (QED) is 0.551. The first-order valence-corrected chi connectivity index (χ1v) is 10.5. The SMILES string of the molecule is CC(=O)OC[C@@]12C(=O)[C@H](O)[C@@H](C)[C@@]3(C[C@@H](c4ccoc4)OC3=O)[C@H]1CCC(=O)[C@]21CO1. The normalized spacial score (nSPS) is 43.8. The molecule has 0 unspecified atom stereocenters. The van der Waals surface area contributed by atoms with Gasteiger partial charge < -0.3 is 23.7 Å². The van der Waals surface area contributed by atoms with Crippen LogP contribution in [0.15, 0.2) is 23.0 Å². The summed E-state index contributed by atoms with van der Waals surface area (Å²) < 4.78 is 21.8. The van der Waals surface area contributed by atoms with Gasteiger partial charge in [0.25, 0.3) is 0 Å². The fourth-order valence-electron chi connectivity index (χ4n) is 6.38. The van der Waals surface area contributed by atoms with E-state index in [0.29, 0.717) is 5.56 Å². The molecule has 4 aliphatic rings. The maximum atomic E-state index is 13.6. The monoisotopic (exact) mass is 432 g/mol. The molecule has 1 aromatic rings. The van der Waals surface area contributed by atoms with Gasteiger partial charge in [-0.3, -0.25) is 19.2 Å². The van der Waals surface area contributed by atoms with Crippen LogP contribution >= 0.6 is 0 Å². The Hall–Kier alpha value is -2.52. The summed E-state index contributed by atoms with van der Waals surface area (Å²) in [7, 11) is 0. The molecule has 0 amide bonds. The van der Waals surface area contributed by atoms with Gasteiger partial charge in [0.2, 0.25) is 0 Å². The maximum absolute atomic E-state index is 13.6. The number of aliphatic hydroxyl groups excluding tert-OH is 1. The molecule has 1 N–H and O–H groups in total. The van der Waals surface area contributed by atoms with Crippen molar-refractivity contribution in [2.75, 3.05) is 13.2 Å². The van der Waals surface area contributed by atoms with Crippen molar-refractivity contribution in [3.8, 4) is 0 Å². The van der Waals surface area contributed by atoms with Gasteiger partial charge in [0.1, 0.15) is 24.2 Å². The minimum absolute atomic E-state index is 0.00722. The lowest BCUT2D eigenvalue weighted by atomic mass is 9.42. The number of Topliss-reactive ketones (excluding diaryl/α,β-unsaturated/α-hetero) is 2. The number of fused-ring (bicyclic) bond motifs is 3. The molecule has 4 fully saturated rings. The lowest BCUT2D eigenvalue weighted by molar-refractivity contribution is -0.203. The minimum Gasteiger partial charge on any atom is -0.472 e. The van der Waals surface area contributed by atoms with E-state index in [1.165, 1.54) is 19.5 Å². The molecule has 2 aliphatic heterocycles. The van der Waals surface area contributed by atoms with Gasteiger partial charge in [0.15, 0.2) is 17.2 Å². The van der Waals surface area contributed by atoms with Gasteiger partial charge >= 0.3 is 11.9 Å². The van der Waals surface area contributed by atoms with Crippen LogP contribution in [0.2, 0.25) is 0 Å². The molecule has 3 heterocycles. The molecule has 7 atom stereocenters. The Morgan fingerprint density at radius 2 is 2.06 bits per heavy atom. The number of epoxide rings is 1. The number of cyclic esters (lactones) is 1. The number of ketones is 2. The van der Waals surface area contributed by atoms with Crippen molar-refractivity contribution in [3.05, 3.63) is 24.2 Å². The fraction of sp³-hybridized carbons (Fsp3) is 0.636. The van der Waals surface area contributed by atoms with E-state index < -0.39 is 64.8 Å². The van der Waals surface area contributed by atoms with Crippen LogP contribution in [0, 0.1) is 22.7 Å². The lowest BCUT2D eigenvalue weighted by Crippen LogP contribution is -2.72. The highest BCUT2D eigenvalue weighted by atomic mass is 16.6. The number of carbonyl (C=O) groups is 4. The summed E-state index contributed by atoms with van der Waals surface area (Å²) in [5, 5.41) is 11.0. The van der Waals surface area contributed by atoms with Crippen molar-refractivity contribution >= 4 is 23.5 Å². The second-order valence-electron chi connectivity index (χ2n) is 9.17. The number of hydrogen-bond donors (Lipinski definition) is 1. The first-order valence-electron chi connectivity index (χ1n) is 10.5. The standard InChI is InChI=1S/C22H24O9/c1-11-17(25)18(26)21(9-29-12(2)23)15(3-4-16(24)22(21)10-30-22)20(11)7-14(31-19(20)27)13-5-6-28-8-13/h5-6,8,11,14-15,17,25H,3-4,7,9-10H2,1-2H3/t11-,14+,15-,17-,20+,21+,22-/m1/s1. The third kappa shape index (κ3) is 2.39. The van der Waals surface area contributed by atoms with Crippen molar-refractivity contribution in [1.29, 1.82) is 0 Å². The van der Waals surface area contributed by atoms with Gasteiger partial charge in [0, 0.05) is 31.2 Å². The van der Waals surface area contributed by atoms with Gasteiger partial charge in [-0.2, -0.15) is 0 Å². The number of rotatable bonds is 3. The zero-order chi connectivity index (χ0) is 22.2. The number of carbonyl (C=O) groups excluding carboxylic acids is 4. The molecular formula is C22H24O9. The van der Waals surface area contributed by atoms with E-state index in [4.69, 9.17) is 18.6 Å². The maximum Gasteiger partial charge on any atom is 0.313 e. The third-order valence-electron chi connectivity index (χ3n) is 8.05. The molecule has 0 aromatic carbocycles. The first kappa shape index (κ1) is 20.4. The van der Waals surface area contributed by atoms with E-state index in [1.807, 2.05) is 0 Å². The van der Waals surface area contributed by atoms with E-state index in [1.54, 1.807) is 13.0 Å². The van der Waals surface area contributed by atoms with Crippen LogP contribution in [0.3, 0.4) is 0 Å². The highest BCUT2D eigenvalue weighted by Crippen LogP contribution is 2.69. The van der Waals surface area contributed by atoms with E-state index in [9.17, 15) is 24.3 Å². The Bertz CT molecular complexity index is 962. The van der Waals surface area contributed by atoms with Crippen LogP contribution in [0.5, 0.6) is 0 Å². The molecule has 2 saturated carbocycles. The Morgan fingerprint density at radius 3 is 2.68 bits per heavy atom. The molecule has 2 saturated heterocycles. The van der Waals surface area contributed by atoms with Gasteiger partial charge in [-0.1, -0.05) is 6.92 Å². The van der Waals surface area contributed by atoms with Gasteiger partial charge in [-0.15, -0.1) is 0 Å². The minimum atomic E-state index is -1.63. The van der Waals surface area contributed by atoms with Crippen molar-refractivity contribution in [2.24, 2.45) is 22.7 Å². The van der Waals surface area contributed by atoms with Gasteiger partial charge in [-0.05, 0) is 18.4 Å². The summed E-state index contributed by atoms with van der Waals surface area (Å²) in [4.78, 5) is 51.7. The van der Waals surface area contributed by atoms with Gasteiger partial charge in [-0.25, -0.2) is 0 Å². The summed E-state index contributed by atoms with van der Waals surface area (Å²) in [6.45, 7) is 2.44. The van der Waals surface area contributed by atoms with Crippen molar-refractivity contribution in [3.63, 3.8) is 0 Å². The fourth-order valence-corrected chi connectivity index (χ4v) is 6.38. The van der Waals surface area contributed by atoms with Crippen molar-refractivity contribution < 1.29 is 42.9 Å². The van der Waals surface area contributed by atoms with Crippen molar-refractivity contribution in [2.45, 2.75) is 50.9 Å². The van der Waals surface area contributed by atoms with Gasteiger partial charge in [0.05, 0.1) is 24.5 Å². The zero-order valence-electron chi connectivity index (χ0n) is 17.3. The Labute approximate surface area is 178 Å². The highest BCUT2D eigenvalue weighted by molar-refractivity contribution is 6.04. The second kappa shape index (κ2) is 6.49. The highest BCUT2D eigenvalue weighted by Gasteiger charge is 2.82. The predicted molar refractivity (Wildman–Crippen MR) is 100 cm³/mol. The Morgan fingerprint density at radius 1 is 1.32 bits per heavy atom. The molecular weight excluding hydrogens is 408 g/mol. The molecule has 2 aliphatic carbocycles. The van der Waals surface area contributed by atoms with Crippen LogP contribution < -0.4 is 0 Å². The van der Waals surface area contributed by atoms with Crippen LogP contribution in [0.25, 0.3) is 0 Å². The van der Waals surface area contributed by atoms with E-state index in [-0.39, 0.29) is 31.7 Å². The molecule has 9 heteroatoms. The van der Waals surface area contributed by atoms with Crippen LogP contribution in [0.4, 0.5) is 0 Å². The molecule has 0 radical (unpaired) electrons. The summed E-state index contributed by atoms with van der Waals surface area (Å²) >= 11 is 0. The van der Waals surface area contributed by atoms with Crippen molar-refractivity contribution in [1.82, 2.24) is 0 Å². The largest absolute Gasteiger partial charge is 0.472 e. The zero-order valence-corrected chi connectivity index (χ0v) is 17.3. The third-order valence-corrected chi connectivity index (χ3v) is 8.05. The predicted octanol–water partition coefficient (Wildman–Crippen LogP) is 1.13. The van der Waals surface area contributed by atoms with Crippen LogP contribution in [-0.2, 0) is 33.4 Å². The summed E-state index contributed by atoms with van der Waals surface area (Å²) in [6.07, 6.45) is 1.43. The number of hydrogen-bond acceptors (Lipinski definition) is 9. The second-order valence-corrected chi connectivity index (χ2v) is 9.17. The van der Waals surface area contributed by atoms with E-state index in [0.717, 1.165) is 0 Å². The number of aliphatic hydroxyl groups is 1. The molecule has 5 rings (SSSR count). The average molecular weight is 432 g/mol. The molecule has 2 spiro atoms. The molecule has 1 aromatic heterocycles. The Balaban J connectivity index is 1.67. The van der Waals surface area contributed by atoms with E-state index in [2.05, 4.69) is 0 Å². The topological polar surface area (TPSA) is 133 Å². The molecule has 9 nitrogen and oxygen atoms in total. The lowest BCUT2D eigenvalue weighted by Gasteiger charge is -2.58. The number of esters is 2. The average Bonchev–Trinajstić information content (AvgIpc) is 3.20. The first-order chi connectivity index (χ1) is 14.7. The molecule has 31 heavy (non-hydrogen) atoms. The van der Waals surface area contributed by atoms with Crippen LogP contribution in [-0.4, -0.2) is 53.5 Å². The summed E-state index contributed by atoms with van der Waals surface area (Å²) in [6, 6.07) is 1.70. The smallest absolute Gasteiger partial charge is 0.313 e. The van der Waals surface area contributed by atoms with E-state index >= 15 is 0 Å². The number of furan rings is 1.